The predicted octanol–water partition coefficient (Wildman–Crippen LogP) is 1.66. The Kier molecular flexibility index (Phi) is 3.72. The van der Waals surface area contributed by atoms with E-state index in [0.29, 0.717) is 30.3 Å². The summed E-state index contributed by atoms with van der Waals surface area (Å²) in [6.07, 6.45) is 0.540. The summed E-state index contributed by atoms with van der Waals surface area (Å²) in [6, 6.07) is 7.47. The molecule has 0 spiro atoms. The highest BCUT2D eigenvalue weighted by Crippen LogP contribution is 2.03. The summed E-state index contributed by atoms with van der Waals surface area (Å²) < 4.78 is 5.22. The minimum absolute atomic E-state index is 0.0880. The zero-order chi connectivity index (χ0) is 13.0. The first-order valence-corrected chi connectivity index (χ1v) is 5.79. The molecule has 0 aliphatic heterocycles. The van der Waals surface area contributed by atoms with Gasteiger partial charge in [-0.3, -0.25) is 4.79 Å². The zero-order valence-corrected chi connectivity index (χ0v) is 10.4. The summed E-state index contributed by atoms with van der Waals surface area (Å²) in [4.78, 5) is 11.8. The maximum atomic E-state index is 11.8. The second kappa shape index (κ2) is 5.44. The fraction of sp³-hybridized carbons (Fsp3) is 0.308. The van der Waals surface area contributed by atoms with Crippen molar-refractivity contribution in [1.82, 2.24) is 15.5 Å². The Morgan fingerprint density at radius 2 is 2.17 bits per heavy atom. The molecule has 0 atom stereocenters. The van der Waals surface area contributed by atoms with Crippen LogP contribution in [0.4, 0.5) is 0 Å². The van der Waals surface area contributed by atoms with Gasteiger partial charge in [-0.1, -0.05) is 17.7 Å². The number of nitrogens with one attached hydrogen (secondary N) is 1. The lowest BCUT2D eigenvalue weighted by atomic mass is 10.1. The van der Waals surface area contributed by atoms with E-state index in [1.54, 1.807) is 13.0 Å². The lowest BCUT2D eigenvalue weighted by Crippen LogP contribution is -2.25. The largest absolute Gasteiger partial charge is 0.426 e. The fourth-order valence-electron chi connectivity index (χ4n) is 1.61. The van der Waals surface area contributed by atoms with Crippen molar-refractivity contribution < 1.29 is 9.21 Å². The van der Waals surface area contributed by atoms with Gasteiger partial charge < -0.3 is 9.73 Å². The lowest BCUT2D eigenvalue weighted by molar-refractivity contribution is 0.0953. The maximum Gasteiger partial charge on any atom is 0.251 e. The Bertz CT molecular complexity index is 549. The normalized spacial score (nSPS) is 10.3. The number of nitrogens with zero attached hydrogens (tertiary/aromatic N) is 2. The number of rotatable bonds is 4. The van der Waals surface area contributed by atoms with Crippen molar-refractivity contribution in [3.05, 3.63) is 47.2 Å². The number of aryl methyl sites for hydroxylation is 2. The molecule has 18 heavy (non-hydrogen) atoms. The van der Waals surface area contributed by atoms with Crippen LogP contribution in [0.25, 0.3) is 0 Å². The molecular formula is C13H15N3O2. The monoisotopic (exact) mass is 245 g/mol. The van der Waals surface area contributed by atoms with Crippen LogP contribution in [0.2, 0.25) is 0 Å². The Labute approximate surface area is 105 Å². The van der Waals surface area contributed by atoms with Crippen LogP contribution in [-0.4, -0.2) is 22.6 Å². The van der Waals surface area contributed by atoms with Gasteiger partial charge in [-0.25, -0.2) is 0 Å². The quantitative estimate of drug-likeness (QED) is 0.889. The molecule has 0 radical (unpaired) electrons. The Balaban J connectivity index is 1.85. The molecule has 1 N–H and O–H groups in total. The lowest BCUT2D eigenvalue weighted by Gasteiger charge is -2.04. The summed E-state index contributed by atoms with van der Waals surface area (Å²) >= 11 is 0. The highest BCUT2D eigenvalue weighted by atomic mass is 16.4. The van der Waals surface area contributed by atoms with E-state index in [9.17, 15) is 4.79 Å². The third-order valence-electron chi connectivity index (χ3n) is 2.47. The maximum absolute atomic E-state index is 11.8. The van der Waals surface area contributed by atoms with E-state index in [0.717, 1.165) is 5.56 Å². The van der Waals surface area contributed by atoms with Crippen molar-refractivity contribution in [3.63, 3.8) is 0 Å². The molecule has 5 nitrogen and oxygen atoms in total. The summed E-state index contributed by atoms with van der Waals surface area (Å²) in [7, 11) is 0. The number of carbonyl (C=O) groups excluding carboxylic acids is 1. The fourth-order valence-corrected chi connectivity index (χ4v) is 1.61. The van der Waals surface area contributed by atoms with Crippen LogP contribution < -0.4 is 5.32 Å². The first-order chi connectivity index (χ1) is 8.65. The molecule has 1 aromatic heterocycles. The van der Waals surface area contributed by atoms with Crippen LogP contribution in [0.15, 0.2) is 28.7 Å². The molecule has 0 aliphatic rings. The second-order valence-corrected chi connectivity index (χ2v) is 4.09. The van der Waals surface area contributed by atoms with Gasteiger partial charge in [0.05, 0.1) is 0 Å². The molecule has 2 rings (SSSR count). The van der Waals surface area contributed by atoms with Crippen LogP contribution in [0.5, 0.6) is 0 Å². The summed E-state index contributed by atoms with van der Waals surface area (Å²) in [5.41, 5.74) is 1.73. The van der Waals surface area contributed by atoms with E-state index in [-0.39, 0.29) is 5.91 Å². The number of benzene rings is 1. The average molecular weight is 245 g/mol. The molecule has 1 amide bonds. The minimum atomic E-state index is -0.0880. The van der Waals surface area contributed by atoms with Crippen LogP contribution in [-0.2, 0) is 6.42 Å². The molecule has 0 aliphatic carbocycles. The van der Waals surface area contributed by atoms with Gasteiger partial charge in [-0.05, 0) is 19.1 Å². The highest BCUT2D eigenvalue weighted by Gasteiger charge is 2.06. The van der Waals surface area contributed by atoms with Crippen molar-refractivity contribution in [1.29, 1.82) is 0 Å². The summed E-state index contributed by atoms with van der Waals surface area (Å²) in [5, 5.41) is 10.4. The molecule has 1 heterocycles. The molecule has 0 saturated carbocycles. The van der Waals surface area contributed by atoms with E-state index in [1.165, 1.54) is 0 Å². The van der Waals surface area contributed by atoms with E-state index in [4.69, 9.17) is 4.42 Å². The molecule has 0 unspecified atom stereocenters. The second-order valence-electron chi connectivity index (χ2n) is 4.09. The molecule has 0 fully saturated rings. The van der Waals surface area contributed by atoms with E-state index >= 15 is 0 Å². The molecule has 1 aromatic carbocycles. The predicted molar refractivity (Wildman–Crippen MR) is 66.3 cm³/mol. The van der Waals surface area contributed by atoms with Crippen molar-refractivity contribution in [3.8, 4) is 0 Å². The van der Waals surface area contributed by atoms with Gasteiger partial charge in [0.15, 0.2) is 0 Å². The molecule has 0 saturated heterocycles. The van der Waals surface area contributed by atoms with Gasteiger partial charge >= 0.3 is 0 Å². The van der Waals surface area contributed by atoms with Crippen molar-refractivity contribution in [2.24, 2.45) is 0 Å². The van der Waals surface area contributed by atoms with Gasteiger partial charge in [-0.2, -0.15) is 0 Å². The van der Waals surface area contributed by atoms with E-state index in [2.05, 4.69) is 15.5 Å². The highest BCUT2D eigenvalue weighted by molar-refractivity contribution is 5.94. The Morgan fingerprint density at radius 1 is 1.33 bits per heavy atom. The SMILES string of the molecule is Cc1cccc(C(=O)NCCc2nnc(C)o2)c1. The number of aromatic nitrogens is 2. The molecule has 94 valence electrons. The topological polar surface area (TPSA) is 68.0 Å². The minimum Gasteiger partial charge on any atom is -0.426 e. The first-order valence-electron chi connectivity index (χ1n) is 5.79. The van der Waals surface area contributed by atoms with Crippen molar-refractivity contribution in [2.75, 3.05) is 6.54 Å². The summed E-state index contributed by atoms with van der Waals surface area (Å²) in [5.74, 6) is 0.988. The average Bonchev–Trinajstić information content (AvgIpc) is 2.75. The third kappa shape index (κ3) is 3.16. The van der Waals surface area contributed by atoms with Crippen LogP contribution in [0.1, 0.15) is 27.7 Å². The Hall–Kier alpha value is -2.17. The summed E-state index contributed by atoms with van der Waals surface area (Å²) in [6.45, 7) is 4.17. The smallest absolute Gasteiger partial charge is 0.251 e. The number of amides is 1. The third-order valence-corrected chi connectivity index (χ3v) is 2.47. The Morgan fingerprint density at radius 3 is 2.83 bits per heavy atom. The number of hydrogen-bond donors (Lipinski definition) is 1. The van der Waals surface area contributed by atoms with Gasteiger partial charge in [0.25, 0.3) is 5.91 Å². The van der Waals surface area contributed by atoms with Crippen molar-refractivity contribution >= 4 is 5.91 Å². The van der Waals surface area contributed by atoms with Gasteiger partial charge in [-0.15, -0.1) is 10.2 Å². The number of hydrogen-bond acceptors (Lipinski definition) is 4. The van der Waals surface area contributed by atoms with Gasteiger partial charge in [0, 0.05) is 25.5 Å². The van der Waals surface area contributed by atoms with Gasteiger partial charge in [0.2, 0.25) is 11.8 Å². The number of carbonyl (C=O) groups is 1. The first kappa shape index (κ1) is 12.3. The van der Waals surface area contributed by atoms with Crippen molar-refractivity contribution in [2.45, 2.75) is 20.3 Å². The molecule has 5 heteroatoms. The molecular weight excluding hydrogens is 230 g/mol. The van der Waals surface area contributed by atoms with E-state index < -0.39 is 0 Å². The zero-order valence-electron chi connectivity index (χ0n) is 10.4. The van der Waals surface area contributed by atoms with Gasteiger partial charge in [0.1, 0.15) is 0 Å². The van der Waals surface area contributed by atoms with E-state index in [1.807, 2.05) is 25.1 Å². The molecule has 2 aromatic rings. The van der Waals surface area contributed by atoms with Crippen LogP contribution >= 0.6 is 0 Å². The van der Waals surface area contributed by atoms with Crippen LogP contribution in [0, 0.1) is 13.8 Å². The standard InChI is InChI=1S/C13H15N3O2/c1-9-4-3-5-11(8-9)13(17)14-7-6-12-16-15-10(2)18-12/h3-5,8H,6-7H2,1-2H3,(H,14,17). The van der Waals surface area contributed by atoms with Crippen LogP contribution in [0.3, 0.4) is 0 Å². The molecule has 0 bridgehead atoms.